The second kappa shape index (κ2) is 10.2. The van der Waals surface area contributed by atoms with E-state index in [-0.39, 0.29) is 41.6 Å². The molecule has 4 aliphatic rings. The number of aryl methyl sites for hydroxylation is 1. The molecule has 3 aromatic heterocycles. The van der Waals surface area contributed by atoms with Crippen molar-refractivity contribution in [1.82, 2.24) is 24.8 Å². The average molecular weight is 599 g/mol. The number of pyridine rings is 2. The van der Waals surface area contributed by atoms with E-state index in [0.717, 1.165) is 37.8 Å². The molecule has 4 aromatic rings. The highest BCUT2D eigenvalue weighted by molar-refractivity contribution is 6.00. The number of fused-ring (bicyclic) bond motifs is 5. The summed E-state index contributed by atoms with van der Waals surface area (Å²) in [6, 6.07) is 4.92. The number of aromatic nitrogens is 4. The summed E-state index contributed by atoms with van der Waals surface area (Å²) in [5.41, 5.74) is 1.33. The Bertz CT molecular complexity index is 1910. The molecule has 1 aromatic carbocycles. The van der Waals surface area contributed by atoms with Gasteiger partial charge < -0.3 is 19.4 Å². The van der Waals surface area contributed by atoms with Crippen molar-refractivity contribution in [3.05, 3.63) is 51.7 Å². The minimum atomic E-state index is -0.901. The van der Waals surface area contributed by atoms with Crippen molar-refractivity contribution >= 4 is 27.6 Å². The standard InChI is InChI=1S/C33H32F2N6O3/c1-3-22-18(2)5-8-25-27(22)23(11-26(42)37-25)29-28(35)30-24(13-36-29)31(40-15-20-6-7-21(16-40)44-20)39-32(38-30)43-17-33-9-4-10-41(33)14-19(34)12-33/h1,5,8,11,13,19-21H,4,6-7,9-10,12,14-17H2,2H3,(H,37,42)/t19-,20?,21?,33+/m1/s1. The van der Waals surface area contributed by atoms with E-state index < -0.39 is 23.1 Å². The highest BCUT2D eigenvalue weighted by atomic mass is 19.1. The van der Waals surface area contributed by atoms with Gasteiger partial charge in [0.2, 0.25) is 5.56 Å². The highest BCUT2D eigenvalue weighted by Crippen LogP contribution is 2.41. The van der Waals surface area contributed by atoms with Gasteiger partial charge in [-0.15, -0.1) is 6.42 Å². The number of aromatic amines is 1. The average Bonchev–Trinajstić information content (AvgIpc) is 3.66. The first kappa shape index (κ1) is 27.4. The summed E-state index contributed by atoms with van der Waals surface area (Å²) in [5.74, 6) is 2.52. The smallest absolute Gasteiger partial charge is 0.319 e. The number of alkyl halides is 1. The fourth-order valence-corrected chi connectivity index (χ4v) is 7.79. The zero-order valence-corrected chi connectivity index (χ0v) is 24.4. The molecular weight excluding hydrogens is 566 g/mol. The van der Waals surface area contributed by atoms with Crippen molar-refractivity contribution in [1.29, 1.82) is 0 Å². The first-order valence-corrected chi connectivity index (χ1v) is 15.2. The van der Waals surface area contributed by atoms with Gasteiger partial charge in [0.25, 0.3) is 0 Å². The maximum absolute atomic E-state index is 16.8. The predicted octanol–water partition coefficient (Wildman–Crippen LogP) is 4.28. The molecule has 0 spiro atoms. The Hall–Kier alpha value is -4.14. The van der Waals surface area contributed by atoms with Gasteiger partial charge >= 0.3 is 6.01 Å². The van der Waals surface area contributed by atoms with E-state index in [9.17, 15) is 9.18 Å². The van der Waals surface area contributed by atoms with Crippen LogP contribution < -0.4 is 15.2 Å². The summed E-state index contributed by atoms with van der Waals surface area (Å²) in [5, 5.41) is 0.975. The molecule has 0 amide bonds. The van der Waals surface area contributed by atoms with Crippen LogP contribution in [0.5, 0.6) is 6.01 Å². The molecule has 4 saturated heterocycles. The van der Waals surface area contributed by atoms with E-state index >= 15 is 4.39 Å². The molecule has 8 rings (SSSR count). The van der Waals surface area contributed by atoms with E-state index in [1.807, 2.05) is 13.0 Å². The summed E-state index contributed by atoms with van der Waals surface area (Å²) in [6.07, 6.45) is 10.8. The van der Waals surface area contributed by atoms with Crippen LogP contribution in [0.25, 0.3) is 33.1 Å². The van der Waals surface area contributed by atoms with Crippen molar-refractivity contribution < 1.29 is 18.3 Å². The zero-order chi connectivity index (χ0) is 30.2. The van der Waals surface area contributed by atoms with Gasteiger partial charge in [0.1, 0.15) is 29.8 Å². The zero-order valence-electron chi connectivity index (χ0n) is 24.4. The van der Waals surface area contributed by atoms with Crippen molar-refractivity contribution in [3.8, 4) is 29.6 Å². The Morgan fingerprint density at radius 2 is 2.05 bits per heavy atom. The Balaban J connectivity index is 1.28. The van der Waals surface area contributed by atoms with Crippen LogP contribution in [0, 0.1) is 25.1 Å². The number of H-pyrrole nitrogens is 1. The monoisotopic (exact) mass is 598 g/mol. The van der Waals surface area contributed by atoms with Crippen LogP contribution in [0.2, 0.25) is 0 Å². The van der Waals surface area contributed by atoms with Crippen molar-refractivity contribution in [2.75, 3.05) is 37.7 Å². The van der Waals surface area contributed by atoms with Crippen LogP contribution in [0.15, 0.2) is 29.2 Å². The third-order valence-electron chi connectivity index (χ3n) is 9.83. The van der Waals surface area contributed by atoms with E-state index in [4.69, 9.17) is 20.9 Å². The predicted molar refractivity (Wildman–Crippen MR) is 162 cm³/mol. The van der Waals surface area contributed by atoms with Crippen LogP contribution in [-0.2, 0) is 4.74 Å². The van der Waals surface area contributed by atoms with Crippen LogP contribution in [0.4, 0.5) is 14.6 Å². The number of terminal acetylenes is 1. The molecule has 226 valence electrons. The van der Waals surface area contributed by atoms with Crippen LogP contribution in [0.1, 0.15) is 43.2 Å². The number of rotatable bonds is 5. The van der Waals surface area contributed by atoms with Crippen molar-refractivity contribution in [2.45, 2.75) is 62.9 Å². The van der Waals surface area contributed by atoms with E-state index in [1.165, 1.54) is 6.07 Å². The molecule has 9 nitrogen and oxygen atoms in total. The van der Waals surface area contributed by atoms with Gasteiger partial charge in [-0.1, -0.05) is 12.0 Å². The number of benzene rings is 1. The summed E-state index contributed by atoms with van der Waals surface area (Å²) in [7, 11) is 0. The maximum Gasteiger partial charge on any atom is 0.319 e. The molecule has 4 aliphatic heterocycles. The number of ether oxygens (including phenoxy) is 2. The van der Waals surface area contributed by atoms with Gasteiger partial charge in [-0.2, -0.15) is 9.97 Å². The van der Waals surface area contributed by atoms with Gasteiger partial charge in [0, 0.05) is 54.8 Å². The molecule has 0 saturated carbocycles. The fourth-order valence-electron chi connectivity index (χ4n) is 7.79. The molecule has 4 atom stereocenters. The van der Waals surface area contributed by atoms with E-state index in [2.05, 4.69) is 30.7 Å². The van der Waals surface area contributed by atoms with Gasteiger partial charge in [-0.3, -0.25) is 14.7 Å². The van der Waals surface area contributed by atoms with E-state index in [0.29, 0.717) is 53.7 Å². The number of nitrogens with one attached hydrogen (secondary N) is 1. The molecule has 7 heterocycles. The summed E-state index contributed by atoms with van der Waals surface area (Å²) >= 11 is 0. The van der Waals surface area contributed by atoms with Gasteiger partial charge in [0.15, 0.2) is 5.82 Å². The normalized spacial score (nSPS) is 26.4. The number of morpholine rings is 1. The van der Waals surface area contributed by atoms with Crippen LogP contribution in [-0.4, -0.2) is 81.5 Å². The van der Waals surface area contributed by atoms with E-state index in [1.54, 1.807) is 12.3 Å². The maximum atomic E-state index is 16.8. The van der Waals surface area contributed by atoms with Crippen LogP contribution >= 0.6 is 0 Å². The highest BCUT2D eigenvalue weighted by Gasteiger charge is 2.49. The lowest BCUT2D eigenvalue weighted by atomic mass is 9.95. The number of nitrogens with zero attached hydrogens (tertiary/aromatic N) is 5. The Morgan fingerprint density at radius 1 is 1.23 bits per heavy atom. The Morgan fingerprint density at radius 3 is 2.84 bits per heavy atom. The quantitative estimate of drug-likeness (QED) is 0.340. The molecular formula is C33H32F2N6O3. The summed E-state index contributed by atoms with van der Waals surface area (Å²) in [4.78, 5) is 33.7. The molecule has 0 radical (unpaired) electrons. The van der Waals surface area contributed by atoms with Gasteiger partial charge in [-0.25, -0.2) is 8.78 Å². The molecule has 11 heteroatoms. The number of anilines is 1. The lowest BCUT2D eigenvalue weighted by Gasteiger charge is -2.34. The van der Waals surface area contributed by atoms with Crippen LogP contribution in [0.3, 0.4) is 0 Å². The van der Waals surface area contributed by atoms with Crippen molar-refractivity contribution in [3.63, 3.8) is 0 Å². The number of hydrogen-bond acceptors (Lipinski definition) is 8. The lowest BCUT2D eigenvalue weighted by Crippen LogP contribution is -2.44. The topological polar surface area (TPSA) is 96.5 Å². The van der Waals surface area contributed by atoms with Gasteiger partial charge in [0.05, 0.1) is 28.6 Å². The summed E-state index contributed by atoms with van der Waals surface area (Å²) in [6.45, 7) is 4.53. The molecule has 4 fully saturated rings. The third-order valence-corrected chi connectivity index (χ3v) is 9.83. The molecule has 0 aliphatic carbocycles. The molecule has 1 N–H and O–H groups in total. The first-order chi connectivity index (χ1) is 21.3. The summed E-state index contributed by atoms with van der Waals surface area (Å²) < 4.78 is 43.5. The minimum absolute atomic E-state index is 0.0295. The second-order valence-electron chi connectivity index (χ2n) is 12.6. The third kappa shape index (κ3) is 4.34. The molecule has 44 heavy (non-hydrogen) atoms. The SMILES string of the molecule is C#Cc1c(C)ccc2[nH]c(=O)cc(-c3ncc4c(N5CC6CCC(C5)O6)nc(OC[C@@]56CCCN5C[C@H](F)C6)nc4c3F)c12. The number of halogens is 2. The lowest BCUT2D eigenvalue weighted by molar-refractivity contribution is 0.0302. The van der Waals surface area contributed by atoms with Gasteiger partial charge in [-0.05, 0) is 50.8 Å². The number of hydrogen-bond donors (Lipinski definition) is 1. The minimum Gasteiger partial charge on any atom is -0.461 e. The first-order valence-electron chi connectivity index (χ1n) is 15.2. The Labute approximate surface area is 252 Å². The molecule has 2 bridgehead atoms. The fraction of sp³-hybridized carbons (Fsp3) is 0.455. The van der Waals surface area contributed by atoms with Crippen molar-refractivity contribution in [2.24, 2.45) is 0 Å². The Kier molecular flexibility index (Phi) is 6.36. The largest absolute Gasteiger partial charge is 0.461 e. The molecule has 2 unspecified atom stereocenters. The second-order valence-corrected chi connectivity index (χ2v) is 12.6.